The van der Waals surface area contributed by atoms with E-state index in [-0.39, 0.29) is 0 Å². The van der Waals surface area contributed by atoms with Crippen LogP contribution in [0.3, 0.4) is 0 Å². The lowest BCUT2D eigenvalue weighted by Crippen LogP contribution is -2.06. The molecule has 0 radical (unpaired) electrons. The highest BCUT2D eigenvalue weighted by Gasteiger charge is 2.24. The molecule has 0 fully saturated rings. The van der Waals surface area contributed by atoms with Crippen LogP contribution in [-0.4, -0.2) is 24.1 Å². The maximum atomic E-state index is 6.72. The lowest BCUT2D eigenvalue weighted by molar-refractivity contribution is 0.673. The van der Waals surface area contributed by atoms with Crippen molar-refractivity contribution in [3.8, 4) is 34.4 Å². The number of hydrogen-bond acceptors (Lipinski definition) is 4. The Bertz CT molecular complexity index is 3060. The maximum Gasteiger partial charge on any atom is 0.238 e. The van der Waals surface area contributed by atoms with Crippen LogP contribution in [0.1, 0.15) is 0 Å². The van der Waals surface area contributed by atoms with E-state index in [4.69, 9.17) is 19.4 Å². The second-order valence-corrected chi connectivity index (χ2v) is 12.9. The third kappa shape index (κ3) is 4.14. The highest BCUT2D eigenvalue weighted by atomic mass is 16.3. The SMILES string of the molecule is c1ccc(-c2nc(-c3ccccc3)nc(-n3c4cc5c6ccccc6n(-c6ccccc6)c5cc4c4c5oc6ccccc6c5ccc43)n2)cc1. The number of furan rings is 1. The monoisotopic (exact) mass is 653 g/mol. The summed E-state index contributed by atoms with van der Waals surface area (Å²) in [7, 11) is 0. The van der Waals surface area contributed by atoms with Gasteiger partial charge in [0.2, 0.25) is 5.95 Å². The molecule has 0 N–H and O–H groups in total. The van der Waals surface area contributed by atoms with E-state index >= 15 is 0 Å². The van der Waals surface area contributed by atoms with Crippen LogP contribution in [0.2, 0.25) is 0 Å². The van der Waals surface area contributed by atoms with Crippen molar-refractivity contribution in [3.05, 3.63) is 164 Å². The quantitative estimate of drug-likeness (QED) is 0.190. The normalized spacial score (nSPS) is 11.9. The van der Waals surface area contributed by atoms with Crippen LogP contribution in [0.15, 0.2) is 168 Å². The Kier molecular flexibility index (Phi) is 5.86. The van der Waals surface area contributed by atoms with Gasteiger partial charge in [-0.3, -0.25) is 4.57 Å². The third-order valence-electron chi connectivity index (χ3n) is 9.97. The van der Waals surface area contributed by atoms with E-state index in [1.165, 1.54) is 5.39 Å². The van der Waals surface area contributed by atoms with E-state index < -0.39 is 0 Å². The van der Waals surface area contributed by atoms with Crippen LogP contribution in [0, 0.1) is 0 Å². The molecular weight excluding hydrogens is 627 g/mol. The standard InChI is InChI=1S/C45H27N5O/c1-4-14-28(15-5-1)43-46-44(29-16-6-2-7-17-29)48-45(47-43)50-37-25-24-33-32-21-11-13-23-40(32)51-42(33)41(37)35-27-38-34(26-39(35)50)31-20-10-12-22-36(31)49(38)30-18-8-3-9-19-30/h1-27H. The first-order valence-corrected chi connectivity index (χ1v) is 17.0. The highest BCUT2D eigenvalue weighted by Crippen LogP contribution is 2.43. The second kappa shape index (κ2) is 10.7. The molecule has 7 aromatic carbocycles. The smallest absolute Gasteiger partial charge is 0.238 e. The topological polar surface area (TPSA) is 61.7 Å². The van der Waals surface area contributed by atoms with Crippen molar-refractivity contribution in [2.24, 2.45) is 0 Å². The predicted molar refractivity (Wildman–Crippen MR) is 207 cm³/mol. The van der Waals surface area contributed by atoms with Crippen molar-refractivity contribution in [1.29, 1.82) is 0 Å². The molecule has 238 valence electrons. The fraction of sp³-hybridized carbons (Fsp3) is 0. The van der Waals surface area contributed by atoms with Gasteiger partial charge in [-0.1, -0.05) is 115 Å². The summed E-state index contributed by atoms with van der Waals surface area (Å²) in [6.45, 7) is 0. The number of nitrogens with zero attached hydrogens (tertiary/aromatic N) is 5. The minimum Gasteiger partial charge on any atom is -0.455 e. The molecular formula is C45H27N5O. The maximum absolute atomic E-state index is 6.72. The number of benzene rings is 7. The first-order valence-electron chi connectivity index (χ1n) is 17.0. The predicted octanol–water partition coefficient (Wildman–Crippen LogP) is 11.3. The minimum absolute atomic E-state index is 0.546. The van der Waals surface area contributed by atoms with Crippen molar-refractivity contribution in [2.45, 2.75) is 0 Å². The van der Waals surface area contributed by atoms with Gasteiger partial charge >= 0.3 is 0 Å². The molecule has 11 rings (SSSR count). The molecule has 0 atom stereocenters. The van der Waals surface area contributed by atoms with Crippen molar-refractivity contribution in [1.82, 2.24) is 24.1 Å². The summed E-state index contributed by atoms with van der Waals surface area (Å²) in [5.41, 5.74) is 8.88. The van der Waals surface area contributed by atoms with E-state index in [0.717, 1.165) is 77.0 Å². The summed E-state index contributed by atoms with van der Waals surface area (Å²) >= 11 is 0. The molecule has 6 nitrogen and oxygen atoms in total. The van der Waals surface area contributed by atoms with Gasteiger partial charge in [0.05, 0.1) is 27.5 Å². The van der Waals surface area contributed by atoms with Gasteiger partial charge in [0.1, 0.15) is 11.2 Å². The van der Waals surface area contributed by atoms with Gasteiger partial charge in [-0.2, -0.15) is 9.97 Å². The van der Waals surface area contributed by atoms with Crippen LogP contribution < -0.4 is 0 Å². The average molecular weight is 654 g/mol. The Balaban J connectivity index is 1.32. The summed E-state index contributed by atoms with van der Waals surface area (Å²) in [6.07, 6.45) is 0. The highest BCUT2D eigenvalue weighted by molar-refractivity contribution is 6.26. The number of aromatic nitrogens is 5. The Labute approximate surface area is 291 Å². The summed E-state index contributed by atoms with van der Waals surface area (Å²) in [5, 5.41) is 6.57. The molecule has 0 amide bonds. The van der Waals surface area contributed by atoms with Crippen LogP contribution in [0.4, 0.5) is 0 Å². The Hall–Kier alpha value is -7.05. The summed E-state index contributed by atoms with van der Waals surface area (Å²) in [5.74, 6) is 1.77. The molecule has 0 spiro atoms. The number of fused-ring (bicyclic) bond motifs is 10. The molecule has 0 saturated carbocycles. The molecule has 0 bridgehead atoms. The fourth-order valence-corrected chi connectivity index (χ4v) is 7.71. The van der Waals surface area contributed by atoms with Gasteiger partial charge in [-0.25, -0.2) is 4.98 Å². The average Bonchev–Trinajstić information content (AvgIpc) is 3.85. The van der Waals surface area contributed by atoms with E-state index in [2.05, 4.69) is 100 Å². The first kappa shape index (κ1) is 27.9. The Morgan fingerprint density at radius 1 is 0.392 bits per heavy atom. The zero-order valence-electron chi connectivity index (χ0n) is 27.2. The molecule has 0 aliphatic rings. The van der Waals surface area contributed by atoms with Gasteiger partial charge in [0.15, 0.2) is 11.6 Å². The third-order valence-corrected chi connectivity index (χ3v) is 9.97. The van der Waals surface area contributed by atoms with Crippen LogP contribution in [-0.2, 0) is 0 Å². The number of rotatable bonds is 4. The van der Waals surface area contributed by atoms with Crippen molar-refractivity contribution < 1.29 is 4.42 Å². The molecule has 0 aliphatic carbocycles. The van der Waals surface area contributed by atoms with Gasteiger partial charge < -0.3 is 8.98 Å². The molecule has 0 saturated heterocycles. The van der Waals surface area contributed by atoms with Gasteiger partial charge in [0, 0.05) is 43.7 Å². The fourth-order valence-electron chi connectivity index (χ4n) is 7.71. The zero-order chi connectivity index (χ0) is 33.5. The second-order valence-electron chi connectivity index (χ2n) is 12.9. The van der Waals surface area contributed by atoms with E-state index in [1.807, 2.05) is 72.8 Å². The lowest BCUT2D eigenvalue weighted by atomic mass is 10.1. The van der Waals surface area contributed by atoms with Crippen LogP contribution >= 0.6 is 0 Å². The molecule has 0 aliphatic heterocycles. The molecule has 0 unspecified atom stereocenters. The van der Waals surface area contributed by atoms with Crippen LogP contribution in [0.5, 0.6) is 0 Å². The van der Waals surface area contributed by atoms with E-state index in [1.54, 1.807) is 0 Å². The number of para-hydroxylation sites is 3. The molecule has 6 heteroatoms. The molecule has 51 heavy (non-hydrogen) atoms. The molecule has 4 heterocycles. The van der Waals surface area contributed by atoms with Crippen molar-refractivity contribution in [3.63, 3.8) is 0 Å². The molecule has 11 aromatic rings. The van der Waals surface area contributed by atoms with Gasteiger partial charge in [-0.05, 0) is 48.5 Å². The minimum atomic E-state index is 0.546. The Morgan fingerprint density at radius 2 is 0.980 bits per heavy atom. The first-order chi connectivity index (χ1) is 25.3. The van der Waals surface area contributed by atoms with E-state index in [9.17, 15) is 0 Å². The summed E-state index contributed by atoms with van der Waals surface area (Å²) in [4.78, 5) is 15.4. The van der Waals surface area contributed by atoms with Crippen LogP contribution in [0.25, 0.3) is 100.0 Å². The lowest BCUT2D eigenvalue weighted by Gasteiger charge is -2.11. The van der Waals surface area contributed by atoms with Crippen molar-refractivity contribution >= 4 is 65.6 Å². The number of hydrogen-bond donors (Lipinski definition) is 0. The largest absolute Gasteiger partial charge is 0.455 e. The van der Waals surface area contributed by atoms with Gasteiger partial charge in [0.25, 0.3) is 0 Å². The zero-order valence-corrected chi connectivity index (χ0v) is 27.2. The molecule has 4 aromatic heterocycles. The Morgan fingerprint density at radius 3 is 1.71 bits per heavy atom. The van der Waals surface area contributed by atoms with Crippen molar-refractivity contribution in [2.75, 3.05) is 0 Å². The van der Waals surface area contributed by atoms with E-state index in [0.29, 0.717) is 17.6 Å². The summed E-state index contributed by atoms with van der Waals surface area (Å²) < 4.78 is 11.3. The van der Waals surface area contributed by atoms with Gasteiger partial charge in [-0.15, -0.1) is 0 Å². The summed E-state index contributed by atoms with van der Waals surface area (Å²) in [6, 6.07) is 56.6.